The van der Waals surface area contributed by atoms with Crippen molar-refractivity contribution in [1.29, 1.82) is 0 Å². The van der Waals surface area contributed by atoms with Crippen LogP contribution >= 0.6 is 0 Å². The fourth-order valence-corrected chi connectivity index (χ4v) is 2.85. The number of carboxylic acids is 1. The van der Waals surface area contributed by atoms with Crippen LogP contribution in [0, 0.1) is 6.92 Å². The van der Waals surface area contributed by atoms with Crippen LogP contribution in [0.2, 0.25) is 0 Å². The fourth-order valence-electron chi connectivity index (χ4n) is 1.56. The van der Waals surface area contributed by atoms with Gasteiger partial charge in [-0.3, -0.25) is 9.10 Å². The van der Waals surface area contributed by atoms with Crippen LogP contribution in [-0.4, -0.2) is 31.8 Å². The van der Waals surface area contributed by atoms with Crippen LogP contribution < -0.4 is 4.31 Å². The first-order chi connectivity index (χ1) is 7.86. The zero-order valence-corrected chi connectivity index (χ0v) is 10.6. The Morgan fingerprint density at radius 2 is 2.06 bits per heavy atom. The molecule has 0 heterocycles. The van der Waals surface area contributed by atoms with Crippen molar-refractivity contribution in [1.82, 2.24) is 0 Å². The molecule has 0 spiro atoms. The number of rotatable bonds is 5. The topological polar surface area (TPSA) is 74.7 Å². The highest BCUT2D eigenvalue weighted by Gasteiger charge is 2.24. The van der Waals surface area contributed by atoms with Gasteiger partial charge in [-0.15, -0.1) is 0 Å². The van der Waals surface area contributed by atoms with Crippen LogP contribution in [0.25, 0.3) is 0 Å². The van der Waals surface area contributed by atoms with E-state index >= 15 is 0 Å². The summed E-state index contributed by atoms with van der Waals surface area (Å²) in [5, 5.41) is 8.59. The van der Waals surface area contributed by atoms with Gasteiger partial charge in [0.05, 0.1) is 5.69 Å². The van der Waals surface area contributed by atoms with E-state index in [0.717, 1.165) is 9.87 Å². The number of carbonyl (C=O) groups is 1. The van der Waals surface area contributed by atoms with Crippen molar-refractivity contribution in [2.75, 3.05) is 16.6 Å². The molecule has 0 aliphatic rings. The third kappa shape index (κ3) is 3.45. The number of carboxylic acid groups (broad SMARTS) is 1. The molecule has 1 N–H and O–H groups in total. The van der Waals surface area contributed by atoms with Crippen molar-refractivity contribution >= 4 is 21.7 Å². The van der Waals surface area contributed by atoms with Crippen molar-refractivity contribution in [3.05, 3.63) is 29.8 Å². The number of nitrogens with zero attached hydrogens (tertiary/aromatic N) is 1. The van der Waals surface area contributed by atoms with E-state index in [1.807, 2.05) is 13.0 Å². The third-order valence-electron chi connectivity index (χ3n) is 2.22. The average Bonchev–Trinajstić information content (AvgIpc) is 2.15. The Balaban J connectivity index is 3.12. The molecular weight excluding hydrogens is 242 g/mol. The highest BCUT2D eigenvalue weighted by molar-refractivity contribution is 7.93. The Morgan fingerprint density at radius 1 is 1.41 bits per heavy atom. The van der Waals surface area contributed by atoms with Crippen molar-refractivity contribution in [3.63, 3.8) is 0 Å². The quantitative estimate of drug-likeness (QED) is 0.861. The molecule has 0 saturated heterocycles. The molecular formula is C11H15NO4S. The van der Waals surface area contributed by atoms with Gasteiger partial charge < -0.3 is 5.11 Å². The Labute approximate surface area is 101 Å². The summed E-state index contributed by atoms with van der Waals surface area (Å²) in [6.45, 7) is 3.72. The number of aryl methyl sites for hydroxylation is 1. The van der Waals surface area contributed by atoms with Gasteiger partial charge in [0, 0.05) is 6.54 Å². The highest BCUT2D eigenvalue weighted by atomic mass is 32.2. The van der Waals surface area contributed by atoms with Crippen LogP contribution in [0.4, 0.5) is 5.69 Å². The van der Waals surface area contributed by atoms with Crippen LogP contribution in [0.3, 0.4) is 0 Å². The average molecular weight is 257 g/mol. The zero-order valence-electron chi connectivity index (χ0n) is 9.75. The van der Waals surface area contributed by atoms with Gasteiger partial charge in [-0.25, -0.2) is 8.42 Å². The van der Waals surface area contributed by atoms with Crippen LogP contribution in [0.1, 0.15) is 12.5 Å². The molecule has 0 aromatic heterocycles. The lowest BCUT2D eigenvalue weighted by Gasteiger charge is -2.22. The largest absolute Gasteiger partial charge is 0.480 e. The molecule has 1 aromatic rings. The van der Waals surface area contributed by atoms with Crippen molar-refractivity contribution in [3.8, 4) is 0 Å². The second-order valence-electron chi connectivity index (χ2n) is 3.65. The lowest BCUT2D eigenvalue weighted by molar-refractivity contribution is -0.134. The Hall–Kier alpha value is -1.56. The lowest BCUT2D eigenvalue weighted by Crippen LogP contribution is -2.35. The SMILES string of the molecule is CCN(c1cccc(C)c1)S(=O)(=O)CC(=O)O. The number of hydrogen-bond donors (Lipinski definition) is 1. The molecule has 0 aliphatic heterocycles. The summed E-state index contributed by atoms with van der Waals surface area (Å²) in [4.78, 5) is 10.5. The van der Waals surface area contributed by atoms with Crippen molar-refractivity contribution in [2.24, 2.45) is 0 Å². The second-order valence-corrected chi connectivity index (χ2v) is 5.55. The van der Waals surface area contributed by atoms with E-state index in [-0.39, 0.29) is 6.54 Å². The molecule has 0 saturated carbocycles. The highest BCUT2D eigenvalue weighted by Crippen LogP contribution is 2.19. The Morgan fingerprint density at radius 3 is 2.53 bits per heavy atom. The molecule has 17 heavy (non-hydrogen) atoms. The van der Waals surface area contributed by atoms with E-state index in [4.69, 9.17) is 5.11 Å². The summed E-state index contributed by atoms with van der Waals surface area (Å²) < 4.78 is 24.8. The van der Waals surface area contributed by atoms with Crippen molar-refractivity contribution < 1.29 is 18.3 Å². The number of hydrogen-bond acceptors (Lipinski definition) is 3. The molecule has 6 heteroatoms. The summed E-state index contributed by atoms with van der Waals surface area (Å²) in [6, 6.07) is 6.95. The van der Waals surface area contributed by atoms with Gasteiger partial charge in [0.15, 0.2) is 5.75 Å². The zero-order chi connectivity index (χ0) is 13.1. The van der Waals surface area contributed by atoms with E-state index in [1.165, 1.54) is 0 Å². The number of sulfonamides is 1. The van der Waals surface area contributed by atoms with E-state index in [1.54, 1.807) is 25.1 Å². The van der Waals surface area contributed by atoms with Gasteiger partial charge in [0.25, 0.3) is 0 Å². The molecule has 0 unspecified atom stereocenters. The smallest absolute Gasteiger partial charge is 0.320 e. The first-order valence-corrected chi connectivity index (χ1v) is 6.76. The predicted octanol–water partition coefficient (Wildman–Crippen LogP) is 1.24. The molecule has 0 radical (unpaired) electrons. The summed E-state index contributed by atoms with van der Waals surface area (Å²) in [6.07, 6.45) is 0. The van der Waals surface area contributed by atoms with E-state index in [2.05, 4.69) is 0 Å². The predicted molar refractivity (Wildman–Crippen MR) is 65.6 cm³/mol. The summed E-state index contributed by atoms with van der Waals surface area (Å²) in [5.74, 6) is -2.24. The van der Waals surface area contributed by atoms with Gasteiger partial charge >= 0.3 is 5.97 Å². The molecule has 0 aliphatic carbocycles. The normalized spacial score (nSPS) is 11.2. The fraction of sp³-hybridized carbons (Fsp3) is 0.364. The van der Waals surface area contributed by atoms with Gasteiger partial charge in [-0.1, -0.05) is 12.1 Å². The van der Waals surface area contributed by atoms with Gasteiger partial charge in [-0.05, 0) is 31.5 Å². The monoisotopic (exact) mass is 257 g/mol. The summed E-state index contributed by atoms with van der Waals surface area (Å²) in [7, 11) is -3.81. The molecule has 1 rings (SSSR count). The van der Waals surface area contributed by atoms with Gasteiger partial charge in [0.2, 0.25) is 10.0 Å². The minimum atomic E-state index is -3.81. The minimum Gasteiger partial charge on any atom is -0.480 e. The van der Waals surface area contributed by atoms with E-state index < -0.39 is 21.7 Å². The molecule has 0 atom stereocenters. The van der Waals surface area contributed by atoms with Gasteiger partial charge in [0.1, 0.15) is 0 Å². The van der Waals surface area contributed by atoms with Gasteiger partial charge in [-0.2, -0.15) is 0 Å². The first kappa shape index (κ1) is 13.5. The molecule has 0 bridgehead atoms. The maximum Gasteiger partial charge on any atom is 0.320 e. The molecule has 94 valence electrons. The summed E-state index contributed by atoms with van der Waals surface area (Å²) >= 11 is 0. The Bertz CT molecular complexity index is 510. The molecule has 5 nitrogen and oxygen atoms in total. The van der Waals surface area contributed by atoms with Crippen LogP contribution in [-0.2, 0) is 14.8 Å². The van der Waals surface area contributed by atoms with Crippen LogP contribution in [0.15, 0.2) is 24.3 Å². The third-order valence-corrected chi connectivity index (χ3v) is 3.97. The minimum absolute atomic E-state index is 0.207. The standard InChI is InChI=1S/C11H15NO4S/c1-3-12(17(15,16)8-11(13)14)10-6-4-5-9(2)7-10/h4-7H,3,8H2,1-2H3,(H,13,14). The second kappa shape index (κ2) is 5.18. The number of aliphatic carboxylic acids is 1. The maximum atomic E-state index is 11.8. The molecule has 0 amide bonds. The molecule has 1 aromatic carbocycles. The number of benzene rings is 1. The molecule has 0 fully saturated rings. The Kier molecular flexibility index (Phi) is 4.11. The first-order valence-electron chi connectivity index (χ1n) is 5.15. The number of anilines is 1. The van der Waals surface area contributed by atoms with Crippen LogP contribution in [0.5, 0.6) is 0 Å². The maximum absolute atomic E-state index is 11.8. The lowest BCUT2D eigenvalue weighted by atomic mass is 10.2. The van der Waals surface area contributed by atoms with E-state index in [0.29, 0.717) is 5.69 Å². The summed E-state index contributed by atoms with van der Waals surface area (Å²) in [5.41, 5.74) is 1.42. The van der Waals surface area contributed by atoms with Crippen molar-refractivity contribution in [2.45, 2.75) is 13.8 Å². The van der Waals surface area contributed by atoms with E-state index in [9.17, 15) is 13.2 Å².